The van der Waals surface area contributed by atoms with Gasteiger partial charge in [-0.05, 0) is 42.8 Å². The van der Waals surface area contributed by atoms with Crippen molar-refractivity contribution < 1.29 is 9.53 Å². The fraction of sp³-hybridized carbons (Fsp3) is 0.158. The number of esters is 1. The number of thioether (sulfide) groups is 1. The number of rotatable bonds is 3. The van der Waals surface area contributed by atoms with E-state index in [1.165, 1.54) is 11.3 Å². The minimum atomic E-state index is -0.252. The fourth-order valence-electron chi connectivity index (χ4n) is 2.73. The third-order valence-corrected chi connectivity index (χ3v) is 6.64. The molecular formula is C19H14BrNO2S2. The third kappa shape index (κ3) is 3.26. The largest absolute Gasteiger partial charge is 0.462 e. The number of benzene rings is 2. The van der Waals surface area contributed by atoms with Crippen LogP contribution in [0.5, 0.6) is 0 Å². The average molecular weight is 432 g/mol. The van der Waals surface area contributed by atoms with E-state index < -0.39 is 0 Å². The predicted octanol–water partition coefficient (Wildman–Crippen LogP) is 6.07. The monoisotopic (exact) mass is 431 g/mol. The van der Waals surface area contributed by atoms with Gasteiger partial charge in [0, 0.05) is 25.2 Å². The standard InChI is InChI=1S/C19H14BrNO2S2/c1-2-23-19(22)17-9-13-16(25-17)8-7-14-18(13)24-10-15(21-14)11-3-5-12(20)6-4-11/h3-9H,2,10H2,1H3. The van der Waals surface area contributed by atoms with Gasteiger partial charge in [0.1, 0.15) is 4.88 Å². The molecule has 6 heteroatoms. The Hall–Kier alpha value is -1.63. The molecule has 0 saturated heterocycles. The van der Waals surface area contributed by atoms with E-state index in [2.05, 4.69) is 28.1 Å². The van der Waals surface area contributed by atoms with Crippen molar-refractivity contribution in [2.45, 2.75) is 11.8 Å². The van der Waals surface area contributed by atoms with Crippen molar-refractivity contribution in [2.75, 3.05) is 12.4 Å². The summed E-state index contributed by atoms with van der Waals surface area (Å²) in [5.74, 6) is 0.565. The van der Waals surface area contributed by atoms with Gasteiger partial charge in [-0.25, -0.2) is 4.79 Å². The topological polar surface area (TPSA) is 38.7 Å². The first-order valence-electron chi connectivity index (χ1n) is 7.85. The molecule has 126 valence electrons. The molecule has 3 aromatic rings. The fourth-order valence-corrected chi connectivity index (χ4v) is 5.12. The Balaban J connectivity index is 1.75. The highest BCUT2D eigenvalue weighted by Crippen LogP contribution is 2.43. The summed E-state index contributed by atoms with van der Waals surface area (Å²) in [5.41, 5.74) is 3.18. The van der Waals surface area contributed by atoms with Crippen molar-refractivity contribution in [3.05, 3.63) is 57.4 Å². The second-order valence-electron chi connectivity index (χ2n) is 5.51. The van der Waals surface area contributed by atoms with E-state index >= 15 is 0 Å². The molecule has 0 spiro atoms. The molecule has 1 aliphatic rings. The number of fused-ring (bicyclic) bond motifs is 3. The van der Waals surface area contributed by atoms with Gasteiger partial charge in [0.25, 0.3) is 0 Å². The summed E-state index contributed by atoms with van der Waals surface area (Å²) >= 11 is 6.72. The average Bonchev–Trinajstić information content (AvgIpc) is 3.07. The summed E-state index contributed by atoms with van der Waals surface area (Å²) in [7, 11) is 0. The zero-order valence-corrected chi connectivity index (χ0v) is 16.6. The Morgan fingerprint density at radius 2 is 2.04 bits per heavy atom. The zero-order chi connectivity index (χ0) is 17.4. The van der Waals surface area contributed by atoms with Crippen molar-refractivity contribution in [1.29, 1.82) is 0 Å². The van der Waals surface area contributed by atoms with Crippen LogP contribution in [0.4, 0.5) is 5.69 Å². The quantitative estimate of drug-likeness (QED) is 0.472. The number of carbonyl (C=O) groups is 1. The van der Waals surface area contributed by atoms with Gasteiger partial charge in [-0.3, -0.25) is 4.99 Å². The number of thiophene rings is 1. The number of aliphatic imine (C=N–C) groups is 1. The highest BCUT2D eigenvalue weighted by atomic mass is 79.9. The Kier molecular flexibility index (Phi) is 4.67. The third-order valence-electron chi connectivity index (χ3n) is 3.89. The summed E-state index contributed by atoms with van der Waals surface area (Å²) in [4.78, 5) is 18.6. The molecule has 0 atom stereocenters. The summed E-state index contributed by atoms with van der Waals surface area (Å²) < 4.78 is 7.28. The number of hydrogen-bond acceptors (Lipinski definition) is 5. The van der Waals surface area contributed by atoms with Crippen LogP contribution >= 0.6 is 39.0 Å². The van der Waals surface area contributed by atoms with Crippen LogP contribution in [0.15, 0.2) is 56.8 Å². The van der Waals surface area contributed by atoms with Crippen LogP contribution in [0.3, 0.4) is 0 Å². The molecule has 0 aliphatic carbocycles. The predicted molar refractivity (Wildman–Crippen MR) is 109 cm³/mol. The van der Waals surface area contributed by atoms with Crippen LogP contribution in [-0.4, -0.2) is 24.0 Å². The van der Waals surface area contributed by atoms with Gasteiger partial charge in [-0.2, -0.15) is 0 Å². The molecule has 0 unspecified atom stereocenters. The number of carbonyl (C=O) groups excluding carboxylic acids is 1. The minimum Gasteiger partial charge on any atom is -0.462 e. The molecule has 0 amide bonds. The van der Waals surface area contributed by atoms with Crippen molar-refractivity contribution in [1.82, 2.24) is 0 Å². The molecule has 2 heterocycles. The van der Waals surface area contributed by atoms with Gasteiger partial charge >= 0.3 is 5.97 Å². The first-order valence-corrected chi connectivity index (χ1v) is 10.4. The smallest absolute Gasteiger partial charge is 0.348 e. The molecule has 2 aromatic carbocycles. The highest BCUT2D eigenvalue weighted by Gasteiger charge is 2.20. The SMILES string of the molecule is CCOC(=O)c1cc2c3c(ccc2s1)N=C(c1ccc(Br)cc1)CS3. The van der Waals surface area contributed by atoms with E-state index in [1.54, 1.807) is 11.8 Å². The van der Waals surface area contributed by atoms with Crippen molar-refractivity contribution in [3.8, 4) is 0 Å². The lowest BCUT2D eigenvalue weighted by Crippen LogP contribution is -2.07. The Labute approximate surface area is 162 Å². The molecule has 0 fully saturated rings. The maximum atomic E-state index is 12.0. The Bertz CT molecular complexity index is 993. The van der Waals surface area contributed by atoms with E-state index in [-0.39, 0.29) is 5.97 Å². The second kappa shape index (κ2) is 6.94. The van der Waals surface area contributed by atoms with Crippen LogP contribution in [0.2, 0.25) is 0 Å². The second-order valence-corrected chi connectivity index (χ2v) is 8.50. The Morgan fingerprint density at radius 1 is 1.24 bits per heavy atom. The number of hydrogen-bond donors (Lipinski definition) is 0. The summed E-state index contributed by atoms with van der Waals surface area (Å²) in [5, 5.41) is 1.09. The van der Waals surface area contributed by atoms with Crippen molar-refractivity contribution >= 4 is 66.5 Å². The molecule has 0 N–H and O–H groups in total. The number of ether oxygens (including phenoxy) is 1. The molecule has 0 radical (unpaired) electrons. The van der Waals surface area contributed by atoms with Crippen molar-refractivity contribution in [3.63, 3.8) is 0 Å². The van der Waals surface area contributed by atoms with Gasteiger partial charge in [0.05, 0.1) is 18.0 Å². The lowest BCUT2D eigenvalue weighted by molar-refractivity contribution is 0.0532. The molecule has 1 aromatic heterocycles. The van der Waals surface area contributed by atoms with Gasteiger partial charge in [-0.1, -0.05) is 28.1 Å². The lowest BCUT2D eigenvalue weighted by Gasteiger charge is -2.16. The van der Waals surface area contributed by atoms with Gasteiger partial charge in [-0.15, -0.1) is 23.1 Å². The van der Waals surface area contributed by atoms with E-state index in [0.717, 1.165) is 42.2 Å². The number of halogens is 1. The number of nitrogens with zero attached hydrogens (tertiary/aromatic N) is 1. The van der Waals surface area contributed by atoms with E-state index in [0.29, 0.717) is 11.5 Å². The van der Waals surface area contributed by atoms with Crippen molar-refractivity contribution in [2.24, 2.45) is 4.99 Å². The molecule has 0 bridgehead atoms. The lowest BCUT2D eigenvalue weighted by atomic mass is 10.1. The summed E-state index contributed by atoms with van der Waals surface area (Å²) in [6.07, 6.45) is 0. The Morgan fingerprint density at radius 3 is 2.80 bits per heavy atom. The van der Waals surface area contributed by atoms with E-state index in [4.69, 9.17) is 9.73 Å². The van der Waals surface area contributed by atoms with E-state index in [1.807, 2.05) is 37.3 Å². The van der Waals surface area contributed by atoms with Gasteiger partial charge in [0.2, 0.25) is 0 Å². The molecule has 0 saturated carbocycles. The zero-order valence-electron chi connectivity index (χ0n) is 13.4. The minimum absolute atomic E-state index is 0.252. The van der Waals surface area contributed by atoms with Gasteiger partial charge in [0.15, 0.2) is 0 Å². The van der Waals surface area contributed by atoms with Crippen LogP contribution in [-0.2, 0) is 4.74 Å². The first kappa shape index (κ1) is 16.8. The van der Waals surface area contributed by atoms with Gasteiger partial charge < -0.3 is 4.74 Å². The summed E-state index contributed by atoms with van der Waals surface area (Å²) in [6.45, 7) is 2.21. The van der Waals surface area contributed by atoms with Crippen LogP contribution in [0.25, 0.3) is 10.1 Å². The maximum absolute atomic E-state index is 12.0. The van der Waals surface area contributed by atoms with E-state index in [9.17, 15) is 4.79 Å². The molecule has 25 heavy (non-hydrogen) atoms. The van der Waals surface area contributed by atoms with Crippen LogP contribution in [0.1, 0.15) is 22.2 Å². The normalized spacial score (nSPS) is 13.4. The first-order chi connectivity index (χ1) is 12.2. The highest BCUT2D eigenvalue weighted by molar-refractivity contribution is 9.10. The van der Waals surface area contributed by atoms with Crippen LogP contribution in [0, 0.1) is 0 Å². The molecule has 1 aliphatic heterocycles. The molecular weight excluding hydrogens is 418 g/mol. The molecule has 4 rings (SSSR count). The summed E-state index contributed by atoms with van der Waals surface area (Å²) in [6, 6.07) is 14.2. The molecule has 3 nitrogen and oxygen atoms in total. The van der Waals surface area contributed by atoms with Crippen LogP contribution < -0.4 is 0 Å². The maximum Gasteiger partial charge on any atom is 0.348 e.